The van der Waals surface area contributed by atoms with Crippen molar-refractivity contribution < 1.29 is 0 Å². The molecule has 11 aromatic carbocycles. The van der Waals surface area contributed by atoms with Gasteiger partial charge in [-0.05, 0) is 41.5 Å². The quantitative estimate of drug-likeness (QED) is 0.140. The zero-order chi connectivity index (χ0) is 47.8. The van der Waals surface area contributed by atoms with Gasteiger partial charge in [-0.25, -0.2) is 0 Å². The molecule has 0 radical (unpaired) electrons. The van der Waals surface area contributed by atoms with Crippen LogP contribution in [0.5, 0.6) is 0 Å². The van der Waals surface area contributed by atoms with Crippen LogP contribution in [0, 0.1) is 11.3 Å². The molecule has 14 aromatic rings. The van der Waals surface area contributed by atoms with Gasteiger partial charge in [-0.15, -0.1) is 0 Å². The molecule has 3 aromatic heterocycles. The van der Waals surface area contributed by atoms with Gasteiger partial charge in [0.05, 0.1) is 11.0 Å². The summed E-state index contributed by atoms with van der Waals surface area (Å²) in [7, 11) is 0. The SMILES string of the molecule is N#Cc1cc[c]([Ge]([c]2ccccc2)([c]2ccccc2)[c]2ccccc2)cc1-n1c2ccccc2c2cc(-n3c4ccccc4c4cc(-c5ccc6c(c5)c5ccccc5n6-c5ccccc5)ccc43)ccc21. The standard InChI is InChI=1S/C67H44GeN4/c69-45-48-33-36-52(68(49-19-5-1-6-20-49,50-21-7-2-8-22-50)51-23-9-3-10-24-51)43-67(48)72-63-32-18-15-29-57(63)60-44-54(37-40-66(60)72)71-62-31-17-14-28-56(62)59-42-47(35-39-65(59)71)46-34-38-64-58(41-46)55-27-13-16-30-61(55)70(64)53-25-11-4-12-26-53/h1-44H. The van der Waals surface area contributed by atoms with Gasteiger partial charge in [0.2, 0.25) is 0 Å². The average Bonchev–Trinajstić information content (AvgIpc) is 4.09. The number of aromatic nitrogens is 3. The Morgan fingerprint density at radius 1 is 0.278 bits per heavy atom. The average molecular weight is 978 g/mol. The minimum atomic E-state index is -3.68. The molecule has 5 heteroatoms. The van der Waals surface area contributed by atoms with Crippen molar-refractivity contribution in [2.24, 2.45) is 0 Å². The molecule has 3 heterocycles. The number of nitrogens with zero attached hydrogens (tertiary/aromatic N) is 4. The second-order valence-electron chi connectivity index (χ2n) is 18.8. The molecular weight excluding hydrogens is 933 g/mol. The first-order valence-corrected chi connectivity index (χ1v) is 28.8. The van der Waals surface area contributed by atoms with Gasteiger partial charge >= 0.3 is 300 Å². The predicted octanol–water partition coefficient (Wildman–Crippen LogP) is 13.9. The van der Waals surface area contributed by atoms with Gasteiger partial charge in [0, 0.05) is 16.5 Å². The number of hydrogen-bond donors (Lipinski definition) is 0. The Bertz CT molecular complexity index is 4350. The Kier molecular flexibility index (Phi) is 9.74. The van der Waals surface area contributed by atoms with Crippen LogP contribution in [0.4, 0.5) is 0 Å². The monoisotopic (exact) mass is 978 g/mol. The summed E-state index contributed by atoms with van der Waals surface area (Å²) in [5.74, 6) is 0. The second kappa shape index (κ2) is 16.8. The molecule has 0 aliphatic heterocycles. The first-order valence-electron chi connectivity index (χ1n) is 24.6. The fourth-order valence-corrected chi connectivity index (χ4v) is 21.9. The van der Waals surface area contributed by atoms with Crippen LogP contribution in [0.2, 0.25) is 0 Å². The van der Waals surface area contributed by atoms with Crippen molar-refractivity contribution in [3.8, 4) is 34.3 Å². The fourth-order valence-electron chi connectivity index (χ4n) is 11.9. The van der Waals surface area contributed by atoms with Crippen molar-refractivity contribution in [3.05, 3.63) is 272 Å². The van der Waals surface area contributed by atoms with Crippen LogP contribution >= 0.6 is 0 Å². The normalized spacial score (nSPS) is 11.9. The molecule has 72 heavy (non-hydrogen) atoms. The number of benzene rings is 11. The van der Waals surface area contributed by atoms with E-state index in [0.29, 0.717) is 5.56 Å². The van der Waals surface area contributed by atoms with Crippen molar-refractivity contribution in [1.29, 1.82) is 5.26 Å². The van der Waals surface area contributed by atoms with Crippen molar-refractivity contribution in [1.82, 2.24) is 13.7 Å². The van der Waals surface area contributed by atoms with Crippen LogP contribution in [0.3, 0.4) is 0 Å². The summed E-state index contributed by atoms with van der Waals surface area (Å²) in [6.45, 7) is 0. The summed E-state index contributed by atoms with van der Waals surface area (Å²) >= 11 is -3.68. The molecule has 0 atom stereocenters. The van der Waals surface area contributed by atoms with Crippen LogP contribution in [0.15, 0.2) is 267 Å². The van der Waals surface area contributed by atoms with Crippen molar-refractivity contribution in [2.45, 2.75) is 0 Å². The molecule has 0 aliphatic rings. The van der Waals surface area contributed by atoms with E-state index >= 15 is 0 Å². The van der Waals surface area contributed by atoms with E-state index in [2.05, 4.69) is 287 Å². The molecule has 336 valence electrons. The molecule has 0 aliphatic carbocycles. The molecule has 0 unspecified atom stereocenters. The van der Waals surface area contributed by atoms with Gasteiger partial charge in [-0.1, -0.05) is 48.5 Å². The van der Waals surface area contributed by atoms with Crippen LogP contribution in [0.25, 0.3) is 93.6 Å². The van der Waals surface area contributed by atoms with E-state index in [1.165, 1.54) is 61.3 Å². The Labute approximate surface area is 419 Å². The fraction of sp³-hybridized carbons (Fsp3) is 0. The maximum absolute atomic E-state index is 10.9. The van der Waals surface area contributed by atoms with E-state index in [4.69, 9.17) is 0 Å². The Morgan fingerprint density at radius 2 is 0.667 bits per heavy atom. The summed E-state index contributed by atoms with van der Waals surface area (Å²) in [6, 6.07) is 99.9. The molecule has 0 amide bonds. The van der Waals surface area contributed by atoms with Gasteiger partial charge < -0.3 is 4.57 Å². The van der Waals surface area contributed by atoms with E-state index in [0.717, 1.165) is 49.9 Å². The summed E-state index contributed by atoms with van der Waals surface area (Å²) in [5.41, 5.74) is 12.9. The summed E-state index contributed by atoms with van der Waals surface area (Å²) in [5, 5.41) is 18.1. The molecule has 0 fully saturated rings. The Balaban J connectivity index is 0.942. The maximum atomic E-state index is 10.9. The molecule has 4 nitrogen and oxygen atoms in total. The number of rotatable bonds is 8. The van der Waals surface area contributed by atoms with Gasteiger partial charge in [0.1, 0.15) is 0 Å². The zero-order valence-corrected chi connectivity index (χ0v) is 41.3. The third-order valence-electron chi connectivity index (χ3n) is 15.0. The second-order valence-corrected chi connectivity index (χ2v) is 26.7. The van der Waals surface area contributed by atoms with E-state index in [9.17, 15) is 5.26 Å². The van der Waals surface area contributed by atoms with Gasteiger partial charge in [0.25, 0.3) is 0 Å². The van der Waals surface area contributed by atoms with Crippen LogP contribution in [-0.2, 0) is 0 Å². The van der Waals surface area contributed by atoms with Crippen LogP contribution in [-0.4, -0.2) is 27.0 Å². The first kappa shape index (κ1) is 41.8. The minimum absolute atomic E-state index is 0.635. The number of nitriles is 1. The summed E-state index contributed by atoms with van der Waals surface area (Å²) in [6.07, 6.45) is 0. The molecule has 0 N–H and O–H groups in total. The van der Waals surface area contributed by atoms with Crippen molar-refractivity contribution >= 4 is 96.3 Å². The van der Waals surface area contributed by atoms with Gasteiger partial charge in [-0.2, -0.15) is 0 Å². The molecule has 0 saturated carbocycles. The molecule has 0 saturated heterocycles. The van der Waals surface area contributed by atoms with Crippen molar-refractivity contribution in [3.63, 3.8) is 0 Å². The van der Waals surface area contributed by atoms with Crippen LogP contribution in [0.1, 0.15) is 5.56 Å². The zero-order valence-electron chi connectivity index (χ0n) is 39.2. The summed E-state index contributed by atoms with van der Waals surface area (Å²) < 4.78 is 12.4. The topological polar surface area (TPSA) is 38.6 Å². The van der Waals surface area contributed by atoms with Gasteiger partial charge in [-0.3, -0.25) is 0 Å². The Hall–Kier alpha value is -9.15. The van der Waals surface area contributed by atoms with E-state index in [1.54, 1.807) is 0 Å². The summed E-state index contributed by atoms with van der Waals surface area (Å²) in [4.78, 5) is 0. The van der Waals surface area contributed by atoms with E-state index in [1.807, 2.05) is 0 Å². The third-order valence-corrected chi connectivity index (χ3v) is 25.0. The number of para-hydroxylation sites is 4. The van der Waals surface area contributed by atoms with Gasteiger partial charge in [0.15, 0.2) is 0 Å². The third kappa shape index (κ3) is 6.31. The first-order chi connectivity index (χ1) is 35.7. The molecule has 14 rings (SSSR count). The van der Waals surface area contributed by atoms with Crippen LogP contribution < -0.4 is 17.6 Å². The molecule has 0 bridgehead atoms. The molecule has 0 spiro atoms. The molecular formula is C67H44GeN4. The van der Waals surface area contributed by atoms with Crippen molar-refractivity contribution in [2.75, 3.05) is 0 Å². The number of fused-ring (bicyclic) bond motifs is 9. The van der Waals surface area contributed by atoms with E-state index < -0.39 is 13.3 Å². The van der Waals surface area contributed by atoms with E-state index in [-0.39, 0.29) is 0 Å². The predicted molar refractivity (Wildman–Crippen MR) is 303 cm³/mol. The number of hydrogen-bond acceptors (Lipinski definition) is 1. The Morgan fingerprint density at radius 3 is 1.17 bits per heavy atom.